The van der Waals surface area contributed by atoms with Gasteiger partial charge >= 0.3 is 0 Å². The van der Waals surface area contributed by atoms with E-state index in [4.69, 9.17) is 4.98 Å². The minimum atomic E-state index is 0.0978. The molecule has 0 bridgehead atoms. The van der Waals surface area contributed by atoms with Crippen LogP contribution < -0.4 is 5.56 Å². The number of rotatable bonds is 5. The number of tetrazole rings is 1. The summed E-state index contributed by atoms with van der Waals surface area (Å²) in [5, 5.41) is 14.0. The number of benzene rings is 1. The lowest BCUT2D eigenvalue weighted by Crippen LogP contribution is -2.26. The van der Waals surface area contributed by atoms with E-state index in [1.807, 2.05) is 22.2 Å². The second-order valence-corrected chi connectivity index (χ2v) is 10.7. The second kappa shape index (κ2) is 8.44. The van der Waals surface area contributed by atoms with Gasteiger partial charge in [0.05, 0.1) is 16.8 Å². The van der Waals surface area contributed by atoms with Gasteiger partial charge in [-0.2, -0.15) is 4.68 Å². The summed E-state index contributed by atoms with van der Waals surface area (Å²) >= 11 is 3.15. The molecule has 0 amide bonds. The van der Waals surface area contributed by atoms with E-state index in [1.54, 1.807) is 23.1 Å². The van der Waals surface area contributed by atoms with Crippen molar-refractivity contribution in [3.8, 4) is 5.69 Å². The van der Waals surface area contributed by atoms with Crippen molar-refractivity contribution in [1.29, 1.82) is 0 Å². The number of nitrogens with zero attached hydrogens (tertiary/aromatic N) is 6. The fourth-order valence-electron chi connectivity index (χ4n) is 4.61. The number of thiophene rings is 1. The van der Waals surface area contributed by atoms with Crippen molar-refractivity contribution in [1.82, 2.24) is 29.8 Å². The van der Waals surface area contributed by atoms with Gasteiger partial charge in [-0.3, -0.25) is 9.36 Å². The molecule has 1 saturated carbocycles. The SMILES string of the molecule is Cc1cccc(C)c1-n1nnnc1CSc1nc2sc(C)c(C)c2c(=O)n1C1CCCC1. The molecule has 3 heterocycles. The van der Waals surface area contributed by atoms with Crippen molar-refractivity contribution >= 4 is 33.3 Å². The zero-order valence-electron chi connectivity index (χ0n) is 18.8. The number of para-hydroxylation sites is 1. The molecule has 32 heavy (non-hydrogen) atoms. The molecule has 1 aliphatic carbocycles. The number of hydrogen-bond acceptors (Lipinski definition) is 7. The van der Waals surface area contributed by atoms with Crippen molar-refractivity contribution in [2.45, 2.75) is 70.3 Å². The topological polar surface area (TPSA) is 78.5 Å². The molecule has 0 saturated heterocycles. The predicted molar refractivity (Wildman–Crippen MR) is 129 cm³/mol. The Bertz CT molecular complexity index is 1340. The van der Waals surface area contributed by atoms with Gasteiger partial charge in [0.15, 0.2) is 11.0 Å². The summed E-state index contributed by atoms with van der Waals surface area (Å²) in [6.07, 6.45) is 4.38. The molecular formula is C23H26N6OS2. The summed E-state index contributed by atoms with van der Waals surface area (Å²) in [5.41, 5.74) is 4.41. The molecule has 7 nitrogen and oxygen atoms in total. The first-order chi connectivity index (χ1) is 15.5. The summed E-state index contributed by atoms with van der Waals surface area (Å²) in [4.78, 5) is 20.5. The van der Waals surface area contributed by atoms with E-state index in [1.165, 1.54) is 0 Å². The van der Waals surface area contributed by atoms with Gasteiger partial charge in [-0.25, -0.2) is 4.98 Å². The monoisotopic (exact) mass is 466 g/mol. The van der Waals surface area contributed by atoms with Crippen molar-refractivity contribution in [3.05, 3.63) is 55.9 Å². The van der Waals surface area contributed by atoms with Crippen molar-refractivity contribution in [3.63, 3.8) is 0 Å². The largest absolute Gasteiger partial charge is 0.284 e. The Morgan fingerprint density at radius 2 is 1.84 bits per heavy atom. The quantitative estimate of drug-likeness (QED) is 0.302. The molecule has 1 aliphatic rings. The molecule has 9 heteroatoms. The molecule has 4 aromatic rings. The highest BCUT2D eigenvalue weighted by Crippen LogP contribution is 2.35. The molecule has 1 aromatic carbocycles. The molecule has 0 radical (unpaired) electrons. The van der Waals surface area contributed by atoms with E-state index >= 15 is 0 Å². The number of aryl methyl sites for hydroxylation is 4. The number of hydrogen-bond donors (Lipinski definition) is 0. The van der Waals surface area contributed by atoms with Crippen LogP contribution in [-0.2, 0) is 5.75 Å². The van der Waals surface area contributed by atoms with Gasteiger partial charge in [-0.05, 0) is 67.7 Å². The van der Waals surface area contributed by atoms with Crippen LogP contribution in [0, 0.1) is 27.7 Å². The van der Waals surface area contributed by atoms with Crippen molar-refractivity contribution in [2.24, 2.45) is 0 Å². The van der Waals surface area contributed by atoms with Crippen LogP contribution in [0.25, 0.3) is 15.9 Å². The van der Waals surface area contributed by atoms with E-state index < -0.39 is 0 Å². The Labute approximate surface area is 194 Å². The molecule has 0 aliphatic heterocycles. The van der Waals surface area contributed by atoms with Gasteiger partial charge < -0.3 is 0 Å². The van der Waals surface area contributed by atoms with Crippen LogP contribution in [0.2, 0.25) is 0 Å². The maximum Gasteiger partial charge on any atom is 0.263 e. The first kappa shape index (κ1) is 21.3. The van der Waals surface area contributed by atoms with E-state index in [9.17, 15) is 4.79 Å². The summed E-state index contributed by atoms with van der Waals surface area (Å²) in [7, 11) is 0. The highest BCUT2D eigenvalue weighted by molar-refractivity contribution is 7.98. The first-order valence-electron chi connectivity index (χ1n) is 10.9. The van der Waals surface area contributed by atoms with Crippen LogP contribution in [0.1, 0.15) is 59.1 Å². The second-order valence-electron chi connectivity index (χ2n) is 8.51. The summed E-state index contributed by atoms with van der Waals surface area (Å²) in [5.74, 6) is 1.28. The van der Waals surface area contributed by atoms with E-state index in [2.05, 4.69) is 48.4 Å². The fourth-order valence-corrected chi connectivity index (χ4v) is 6.65. The third-order valence-electron chi connectivity index (χ3n) is 6.41. The lowest BCUT2D eigenvalue weighted by atomic mass is 10.1. The van der Waals surface area contributed by atoms with E-state index in [0.717, 1.165) is 74.1 Å². The Hall–Kier alpha value is -2.52. The lowest BCUT2D eigenvalue weighted by Gasteiger charge is -2.18. The smallest absolute Gasteiger partial charge is 0.263 e. The Balaban J connectivity index is 1.55. The van der Waals surface area contributed by atoms with Crippen LogP contribution in [0.5, 0.6) is 0 Å². The fraction of sp³-hybridized carbons (Fsp3) is 0.435. The summed E-state index contributed by atoms with van der Waals surface area (Å²) in [6, 6.07) is 6.39. The number of fused-ring (bicyclic) bond motifs is 1. The van der Waals surface area contributed by atoms with Gasteiger partial charge in [0.1, 0.15) is 4.83 Å². The highest BCUT2D eigenvalue weighted by atomic mass is 32.2. The van der Waals surface area contributed by atoms with Crippen LogP contribution in [0.15, 0.2) is 28.2 Å². The molecule has 1 fully saturated rings. The zero-order valence-corrected chi connectivity index (χ0v) is 20.4. The Kier molecular flexibility index (Phi) is 5.63. The van der Waals surface area contributed by atoms with Gasteiger partial charge in [0, 0.05) is 10.9 Å². The molecular weight excluding hydrogens is 440 g/mol. The first-order valence-corrected chi connectivity index (χ1v) is 12.7. The number of aromatic nitrogens is 6. The molecule has 0 unspecified atom stereocenters. The Morgan fingerprint density at radius 3 is 2.56 bits per heavy atom. The van der Waals surface area contributed by atoms with Gasteiger partial charge in [0.2, 0.25) is 0 Å². The summed E-state index contributed by atoms with van der Waals surface area (Å²) < 4.78 is 3.76. The third kappa shape index (κ3) is 3.57. The predicted octanol–water partition coefficient (Wildman–Crippen LogP) is 5.07. The minimum Gasteiger partial charge on any atom is -0.284 e. The van der Waals surface area contributed by atoms with Gasteiger partial charge in [-0.15, -0.1) is 16.4 Å². The van der Waals surface area contributed by atoms with Gasteiger partial charge in [-0.1, -0.05) is 42.8 Å². The van der Waals surface area contributed by atoms with Crippen molar-refractivity contribution < 1.29 is 0 Å². The number of thioether (sulfide) groups is 1. The van der Waals surface area contributed by atoms with E-state index in [-0.39, 0.29) is 11.6 Å². The molecule has 0 N–H and O–H groups in total. The van der Waals surface area contributed by atoms with Crippen LogP contribution in [0.4, 0.5) is 0 Å². The molecule has 5 rings (SSSR count). The lowest BCUT2D eigenvalue weighted by molar-refractivity contribution is 0.458. The average Bonchev–Trinajstić information content (AvgIpc) is 3.49. The highest BCUT2D eigenvalue weighted by Gasteiger charge is 2.25. The third-order valence-corrected chi connectivity index (χ3v) is 8.46. The van der Waals surface area contributed by atoms with Crippen LogP contribution in [0.3, 0.4) is 0 Å². The normalized spacial score (nSPS) is 14.6. The molecule has 3 aromatic heterocycles. The van der Waals surface area contributed by atoms with Crippen molar-refractivity contribution in [2.75, 3.05) is 0 Å². The summed E-state index contributed by atoms with van der Waals surface area (Å²) in [6.45, 7) is 8.22. The van der Waals surface area contributed by atoms with E-state index in [0.29, 0.717) is 5.75 Å². The molecule has 166 valence electrons. The Morgan fingerprint density at radius 1 is 1.12 bits per heavy atom. The van der Waals surface area contributed by atoms with Crippen LogP contribution >= 0.6 is 23.1 Å². The zero-order chi connectivity index (χ0) is 22.4. The average molecular weight is 467 g/mol. The standard InChI is InChI=1S/C23H26N6OS2/c1-13-8-7-9-14(2)20(13)29-18(25-26-27-29)12-31-23-24-21-19(15(3)16(4)32-21)22(30)28(23)17-10-5-6-11-17/h7-9,17H,5-6,10-12H2,1-4H3. The minimum absolute atomic E-state index is 0.0978. The van der Waals surface area contributed by atoms with Crippen LogP contribution in [-0.4, -0.2) is 29.8 Å². The molecule has 0 spiro atoms. The maximum atomic E-state index is 13.6. The molecule has 0 atom stereocenters. The van der Waals surface area contributed by atoms with Gasteiger partial charge in [0.25, 0.3) is 5.56 Å². The maximum absolute atomic E-state index is 13.6.